The van der Waals surface area contributed by atoms with Gasteiger partial charge in [0.15, 0.2) is 0 Å². The lowest BCUT2D eigenvalue weighted by atomic mass is 9.77. The lowest BCUT2D eigenvalue weighted by molar-refractivity contribution is 0.242. The molecule has 0 heteroatoms. The van der Waals surface area contributed by atoms with E-state index in [4.69, 9.17) is 0 Å². The quantitative estimate of drug-likeness (QED) is 0.278. The van der Waals surface area contributed by atoms with Gasteiger partial charge in [-0.15, -0.1) is 0 Å². The average molecular weight is 333 g/mol. The molecule has 0 amide bonds. The third-order valence-corrected chi connectivity index (χ3v) is 6.89. The van der Waals surface area contributed by atoms with Gasteiger partial charge in [0.2, 0.25) is 0 Å². The summed E-state index contributed by atoms with van der Waals surface area (Å²) in [5.74, 6) is 4.12. The molecule has 0 aromatic heterocycles. The van der Waals surface area contributed by atoms with Crippen LogP contribution < -0.4 is 0 Å². The molecule has 2 aliphatic rings. The first-order valence-electron chi connectivity index (χ1n) is 11.5. The van der Waals surface area contributed by atoms with Gasteiger partial charge in [0.1, 0.15) is 0 Å². The van der Waals surface area contributed by atoms with E-state index < -0.39 is 0 Å². The van der Waals surface area contributed by atoms with Crippen molar-refractivity contribution in [3.63, 3.8) is 0 Å². The van der Waals surface area contributed by atoms with E-state index in [1.54, 1.807) is 12.8 Å². The predicted octanol–water partition coefficient (Wildman–Crippen LogP) is 8.32. The third kappa shape index (κ3) is 7.75. The van der Waals surface area contributed by atoms with E-state index in [0.717, 1.165) is 23.7 Å². The lowest BCUT2D eigenvalue weighted by Gasteiger charge is -2.29. The topological polar surface area (TPSA) is 0 Å². The highest BCUT2D eigenvalue weighted by Crippen LogP contribution is 2.36. The summed E-state index contributed by atoms with van der Waals surface area (Å²) in [5.41, 5.74) is 0. The third-order valence-electron chi connectivity index (χ3n) is 6.89. The Hall–Kier alpha value is -0.260. The predicted molar refractivity (Wildman–Crippen MR) is 108 cm³/mol. The van der Waals surface area contributed by atoms with E-state index >= 15 is 0 Å². The maximum absolute atomic E-state index is 2.52. The van der Waals surface area contributed by atoms with Crippen LogP contribution in [0, 0.1) is 23.7 Å². The Balaban J connectivity index is 1.47. The molecular formula is C24H44. The fourth-order valence-electron chi connectivity index (χ4n) is 5.21. The van der Waals surface area contributed by atoms with E-state index in [1.807, 2.05) is 0 Å². The molecule has 140 valence electrons. The maximum Gasteiger partial charge on any atom is -0.0233 e. The summed E-state index contributed by atoms with van der Waals surface area (Å²) in [6.07, 6.45) is 28.6. The van der Waals surface area contributed by atoms with E-state index in [0.29, 0.717) is 0 Å². The number of unbranched alkanes of at least 4 members (excludes halogenated alkanes) is 2. The summed E-state index contributed by atoms with van der Waals surface area (Å²) in [7, 11) is 0. The lowest BCUT2D eigenvalue weighted by Crippen LogP contribution is -2.15. The van der Waals surface area contributed by atoms with Crippen LogP contribution in [0.25, 0.3) is 0 Å². The van der Waals surface area contributed by atoms with Crippen molar-refractivity contribution in [2.45, 2.75) is 117 Å². The first-order valence-corrected chi connectivity index (χ1v) is 11.5. The molecule has 0 atom stereocenters. The van der Waals surface area contributed by atoms with Gasteiger partial charge >= 0.3 is 0 Å². The zero-order valence-electron chi connectivity index (χ0n) is 16.8. The maximum atomic E-state index is 2.52. The zero-order chi connectivity index (χ0) is 17.0. The van der Waals surface area contributed by atoms with Crippen LogP contribution in [0.5, 0.6) is 0 Å². The van der Waals surface area contributed by atoms with E-state index in [1.165, 1.54) is 89.9 Å². The fraction of sp³-hybridized carbons (Fsp3) is 0.917. The van der Waals surface area contributed by atoms with Gasteiger partial charge in [-0.3, -0.25) is 0 Å². The second-order valence-corrected chi connectivity index (χ2v) is 8.96. The van der Waals surface area contributed by atoms with Gasteiger partial charge in [-0.05, 0) is 55.8 Å². The zero-order valence-corrected chi connectivity index (χ0v) is 16.8. The molecule has 0 unspecified atom stereocenters. The highest BCUT2D eigenvalue weighted by Gasteiger charge is 2.21. The Morgan fingerprint density at radius 1 is 0.625 bits per heavy atom. The van der Waals surface area contributed by atoms with Gasteiger partial charge in [-0.25, -0.2) is 0 Å². The van der Waals surface area contributed by atoms with Crippen molar-refractivity contribution < 1.29 is 0 Å². The minimum absolute atomic E-state index is 0.908. The van der Waals surface area contributed by atoms with Crippen molar-refractivity contribution in [3.8, 4) is 0 Å². The van der Waals surface area contributed by atoms with Gasteiger partial charge in [0.05, 0.1) is 0 Å². The second kappa shape index (κ2) is 12.2. The normalized spacial score (nSPS) is 31.6. The van der Waals surface area contributed by atoms with Crippen LogP contribution >= 0.6 is 0 Å². The molecule has 2 rings (SSSR count). The molecule has 24 heavy (non-hydrogen) atoms. The van der Waals surface area contributed by atoms with Crippen LogP contribution in [0.4, 0.5) is 0 Å². The first-order chi connectivity index (χ1) is 11.8. The van der Waals surface area contributed by atoms with Crippen molar-refractivity contribution in [2.24, 2.45) is 23.7 Å². The molecule has 0 radical (unpaired) electrons. The Morgan fingerprint density at radius 3 is 1.62 bits per heavy atom. The summed E-state index contributed by atoms with van der Waals surface area (Å²) >= 11 is 0. The van der Waals surface area contributed by atoms with Gasteiger partial charge in [0, 0.05) is 0 Å². The van der Waals surface area contributed by atoms with Crippen LogP contribution in [0.15, 0.2) is 12.2 Å². The molecule has 2 fully saturated rings. The van der Waals surface area contributed by atoms with Gasteiger partial charge in [-0.1, -0.05) is 96.6 Å². The summed E-state index contributed by atoms with van der Waals surface area (Å²) in [4.78, 5) is 0. The Morgan fingerprint density at radius 2 is 1.12 bits per heavy atom. The molecule has 0 nitrogen and oxygen atoms in total. The Bertz CT molecular complexity index is 313. The molecule has 0 saturated heterocycles. The summed E-state index contributed by atoms with van der Waals surface area (Å²) in [6.45, 7) is 4.62. The number of hydrogen-bond acceptors (Lipinski definition) is 0. The molecule has 0 N–H and O–H groups in total. The van der Waals surface area contributed by atoms with Crippen molar-refractivity contribution in [1.29, 1.82) is 0 Å². The molecule has 0 bridgehead atoms. The number of allylic oxidation sites excluding steroid dienone is 2. The molecule has 2 saturated carbocycles. The van der Waals surface area contributed by atoms with E-state index in [2.05, 4.69) is 26.0 Å². The fourth-order valence-corrected chi connectivity index (χ4v) is 5.21. The van der Waals surface area contributed by atoms with E-state index in [9.17, 15) is 0 Å². The second-order valence-electron chi connectivity index (χ2n) is 8.96. The average Bonchev–Trinajstić information content (AvgIpc) is 2.62. The van der Waals surface area contributed by atoms with Crippen molar-refractivity contribution in [1.82, 2.24) is 0 Å². The molecule has 0 heterocycles. The Labute approximate surface area is 152 Å². The SMILES string of the molecule is CCC/C=C/C1CCC(CCCC[C@H]2CC[C@H](CCC)CC2)CC1. The minimum Gasteiger partial charge on any atom is -0.0883 e. The standard InChI is InChI=1S/C24H44/c1-3-5-6-10-22-17-19-24(20-18-22)12-8-7-11-23-15-13-21(9-4-2)14-16-23/h6,10,21-24H,3-5,7-9,11-20H2,1-2H3/b10-6+/t21-,22?,23-,24?. The highest BCUT2D eigenvalue weighted by atomic mass is 14.3. The van der Waals surface area contributed by atoms with Crippen LogP contribution in [0.3, 0.4) is 0 Å². The summed E-state index contributed by atoms with van der Waals surface area (Å²) in [6, 6.07) is 0. The number of rotatable bonds is 10. The van der Waals surface area contributed by atoms with Crippen LogP contribution in [0.1, 0.15) is 117 Å². The molecule has 0 aliphatic heterocycles. The highest BCUT2D eigenvalue weighted by molar-refractivity contribution is 4.90. The molecule has 2 aliphatic carbocycles. The van der Waals surface area contributed by atoms with Crippen LogP contribution in [-0.2, 0) is 0 Å². The first kappa shape index (κ1) is 20.1. The minimum atomic E-state index is 0.908. The summed E-state index contributed by atoms with van der Waals surface area (Å²) in [5, 5.41) is 0. The largest absolute Gasteiger partial charge is 0.0883 e. The molecule has 0 aromatic carbocycles. The van der Waals surface area contributed by atoms with Gasteiger partial charge < -0.3 is 0 Å². The molecular weight excluding hydrogens is 288 g/mol. The van der Waals surface area contributed by atoms with Crippen molar-refractivity contribution in [3.05, 3.63) is 12.2 Å². The van der Waals surface area contributed by atoms with Gasteiger partial charge in [0.25, 0.3) is 0 Å². The smallest absolute Gasteiger partial charge is 0.0233 e. The summed E-state index contributed by atoms with van der Waals surface area (Å²) < 4.78 is 0. The Kier molecular flexibility index (Phi) is 10.2. The van der Waals surface area contributed by atoms with Gasteiger partial charge in [-0.2, -0.15) is 0 Å². The molecule has 0 aromatic rings. The van der Waals surface area contributed by atoms with Crippen LogP contribution in [0.2, 0.25) is 0 Å². The van der Waals surface area contributed by atoms with E-state index in [-0.39, 0.29) is 0 Å². The van der Waals surface area contributed by atoms with Crippen molar-refractivity contribution >= 4 is 0 Å². The monoisotopic (exact) mass is 332 g/mol. The van der Waals surface area contributed by atoms with Crippen molar-refractivity contribution in [2.75, 3.05) is 0 Å². The molecule has 0 spiro atoms. The number of hydrogen-bond donors (Lipinski definition) is 0. The van der Waals surface area contributed by atoms with Crippen LogP contribution in [-0.4, -0.2) is 0 Å².